The van der Waals surface area contributed by atoms with E-state index >= 15 is 0 Å². The van der Waals surface area contributed by atoms with Gasteiger partial charge in [0, 0.05) is 37.9 Å². The Kier molecular flexibility index (Phi) is 5.25. The van der Waals surface area contributed by atoms with Crippen molar-refractivity contribution >= 4 is 10.9 Å². The molecule has 1 aromatic carbocycles. The molecule has 1 aliphatic carbocycles. The fourth-order valence-corrected chi connectivity index (χ4v) is 4.88. The highest BCUT2D eigenvalue weighted by molar-refractivity contribution is 5.78. The Labute approximate surface area is 176 Å². The number of nitrogens with zero attached hydrogens (tertiary/aromatic N) is 4. The summed E-state index contributed by atoms with van der Waals surface area (Å²) in [5, 5.41) is 0.583. The first-order chi connectivity index (χ1) is 14.7. The Balaban J connectivity index is 1.28. The SMILES string of the molecule is Cn1c(-c2ccc(OC3CCN(C4CCCC4)CC3)cc2)nc2cnccc2c1=O. The van der Waals surface area contributed by atoms with Gasteiger partial charge in [-0.05, 0) is 56.0 Å². The Morgan fingerprint density at radius 1 is 1.00 bits per heavy atom. The Morgan fingerprint density at radius 2 is 1.73 bits per heavy atom. The number of hydrogen-bond acceptors (Lipinski definition) is 5. The predicted molar refractivity (Wildman–Crippen MR) is 118 cm³/mol. The number of pyridine rings is 1. The van der Waals surface area contributed by atoms with Gasteiger partial charge in [-0.3, -0.25) is 14.3 Å². The van der Waals surface area contributed by atoms with Crippen LogP contribution in [-0.2, 0) is 7.05 Å². The zero-order chi connectivity index (χ0) is 20.5. The van der Waals surface area contributed by atoms with Crippen LogP contribution in [0.25, 0.3) is 22.3 Å². The molecule has 0 radical (unpaired) electrons. The molecule has 156 valence electrons. The lowest BCUT2D eigenvalue weighted by Crippen LogP contribution is -2.43. The molecule has 6 nitrogen and oxygen atoms in total. The van der Waals surface area contributed by atoms with Gasteiger partial charge in [0.15, 0.2) is 0 Å². The molecule has 0 spiro atoms. The molecular weight excluding hydrogens is 376 g/mol. The molecular formula is C24H28N4O2. The number of benzene rings is 1. The van der Waals surface area contributed by atoms with Gasteiger partial charge in [-0.15, -0.1) is 0 Å². The van der Waals surface area contributed by atoms with Crippen LogP contribution in [0.15, 0.2) is 47.5 Å². The highest BCUT2D eigenvalue weighted by Crippen LogP contribution is 2.28. The molecule has 6 heteroatoms. The van der Waals surface area contributed by atoms with Gasteiger partial charge in [0.1, 0.15) is 17.7 Å². The molecule has 0 amide bonds. The van der Waals surface area contributed by atoms with Crippen molar-refractivity contribution in [1.29, 1.82) is 0 Å². The van der Waals surface area contributed by atoms with E-state index in [4.69, 9.17) is 4.74 Å². The summed E-state index contributed by atoms with van der Waals surface area (Å²) < 4.78 is 7.85. The van der Waals surface area contributed by atoms with E-state index in [0.717, 1.165) is 43.3 Å². The average molecular weight is 405 g/mol. The van der Waals surface area contributed by atoms with E-state index in [-0.39, 0.29) is 11.7 Å². The molecule has 0 atom stereocenters. The van der Waals surface area contributed by atoms with Crippen molar-refractivity contribution in [1.82, 2.24) is 19.4 Å². The van der Waals surface area contributed by atoms with Crippen LogP contribution in [0.3, 0.4) is 0 Å². The minimum absolute atomic E-state index is 0.0632. The summed E-state index contributed by atoms with van der Waals surface area (Å²) in [4.78, 5) is 24.0. The predicted octanol–water partition coefficient (Wildman–Crippen LogP) is 3.78. The number of hydrogen-bond donors (Lipinski definition) is 0. The van der Waals surface area contributed by atoms with Gasteiger partial charge in [0.05, 0.1) is 17.1 Å². The molecule has 2 aliphatic rings. The van der Waals surface area contributed by atoms with Gasteiger partial charge in [0.2, 0.25) is 0 Å². The summed E-state index contributed by atoms with van der Waals surface area (Å²) >= 11 is 0. The fraction of sp³-hybridized carbons (Fsp3) is 0.458. The van der Waals surface area contributed by atoms with Gasteiger partial charge >= 0.3 is 0 Å². The van der Waals surface area contributed by atoms with Crippen LogP contribution in [0.2, 0.25) is 0 Å². The number of fused-ring (bicyclic) bond motifs is 1. The number of aromatic nitrogens is 3. The van der Waals surface area contributed by atoms with Crippen molar-refractivity contribution in [3.05, 3.63) is 53.1 Å². The van der Waals surface area contributed by atoms with Gasteiger partial charge in [0.25, 0.3) is 5.56 Å². The van der Waals surface area contributed by atoms with Crippen LogP contribution in [0, 0.1) is 0 Å². The third kappa shape index (κ3) is 3.72. The van der Waals surface area contributed by atoms with Crippen molar-refractivity contribution < 1.29 is 4.74 Å². The van der Waals surface area contributed by atoms with E-state index in [0.29, 0.717) is 16.7 Å². The zero-order valence-corrected chi connectivity index (χ0v) is 17.5. The molecule has 3 heterocycles. The lowest BCUT2D eigenvalue weighted by atomic mass is 10.0. The Bertz CT molecular complexity index is 1080. The van der Waals surface area contributed by atoms with Crippen LogP contribution < -0.4 is 10.3 Å². The first-order valence-electron chi connectivity index (χ1n) is 11.0. The molecule has 2 fully saturated rings. The highest BCUT2D eigenvalue weighted by Gasteiger charge is 2.27. The third-order valence-corrected chi connectivity index (χ3v) is 6.61. The van der Waals surface area contributed by atoms with E-state index in [1.165, 1.54) is 25.7 Å². The molecule has 2 aromatic heterocycles. The quantitative estimate of drug-likeness (QED) is 0.662. The van der Waals surface area contributed by atoms with Crippen molar-refractivity contribution in [2.24, 2.45) is 7.05 Å². The lowest BCUT2D eigenvalue weighted by molar-refractivity contribution is 0.0768. The topological polar surface area (TPSA) is 60.2 Å². The maximum Gasteiger partial charge on any atom is 0.261 e. The van der Waals surface area contributed by atoms with Crippen molar-refractivity contribution in [2.75, 3.05) is 13.1 Å². The minimum Gasteiger partial charge on any atom is -0.490 e. The number of ether oxygens (including phenoxy) is 1. The van der Waals surface area contributed by atoms with Gasteiger partial charge in [-0.2, -0.15) is 0 Å². The van der Waals surface area contributed by atoms with E-state index < -0.39 is 0 Å². The maximum atomic E-state index is 12.6. The Hall–Kier alpha value is -2.73. The summed E-state index contributed by atoms with van der Waals surface area (Å²) in [6.45, 7) is 2.29. The van der Waals surface area contributed by atoms with Crippen LogP contribution in [-0.4, -0.2) is 44.7 Å². The summed E-state index contributed by atoms with van der Waals surface area (Å²) in [7, 11) is 1.76. The van der Waals surface area contributed by atoms with Crippen LogP contribution >= 0.6 is 0 Å². The summed E-state index contributed by atoms with van der Waals surface area (Å²) in [5.74, 6) is 1.52. The number of piperidine rings is 1. The van der Waals surface area contributed by atoms with Gasteiger partial charge < -0.3 is 9.64 Å². The third-order valence-electron chi connectivity index (χ3n) is 6.61. The van der Waals surface area contributed by atoms with Crippen LogP contribution in [0.5, 0.6) is 5.75 Å². The number of likely N-dealkylation sites (tertiary alicyclic amines) is 1. The first-order valence-corrected chi connectivity index (χ1v) is 11.0. The van der Waals surface area contributed by atoms with Crippen molar-refractivity contribution in [3.63, 3.8) is 0 Å². The number of rotatable bonds is 4. The molecule has 1 aliphatic heterocycles. The molecule has 3 aromatic rings. The van der Waals surface area contributed by atoms with Gasteiger partial charge in [-0.25, -0.2) is 4.98 Å². The van der Waals surface area contributed by atoms with Crippen molar-refractivity contribution in [2.45, 2.75) is 50.7 Å². The molecule has 0 bridgehead atoms. The summed E-state index contributed by atoms with van der Waals surface area (Å²) in [5.41, 5.74) is 1.44. The lowest BCUT2D eigenvalue weighted by Gasteiger charge is -2.36. The average Bonchev–Trinajstić information content (AvgIpc) is 3.32. The maximum absolute atomic E-state index is 12.6. The van der Waals surface area contributed by atoms with Crippen LogP contribution in [0.4, 0.5) is 0 Å². The van der Waals surface area contributed by atoms with E-state index in [1.54, 1.807) is 30.1 Å². The molecule has 0 unspecified atom stereocenters. The molecule has 1 saturated heterocycles. The monoisotopic (exact) mass is 404 g/mol. The summed E-state index contributed by atoms with van der Waals surface area (Å²) in [6.07, 6.45) is 11.2. The van der Waals surface area contributed by atoms with E-state index in [9.17, 15) is 4.79 Å². The van der Waals surface area contributed by atoms with Crippen molar-refractivity contribution in [3.8, 4) is 17.1 Å². The smallest absolute Gasteiger partial charge is 0.261 e. The normalized spacial score (nSPS) is 18.8. The Morgan fingerprint density at radius 3 is 2.47 bits per heavy atom. The van der Waals surface area contributed by atoms with E-state index in [1.807, 2.05) is 24.3 Å². The molecule has 30 heavy (non-hydrogen) atoms. The molecule has 1 saturated carbocycles. The summed E-state index contributed by atoms with van der Waals surface area (Å²) in [6, 6.07) is 10.4. The fourth-order valence-electron chi connectivity index (χ4n) is 4.88. The van der Waals surface area contributed by atoms with Crippen LogP contribution in [0.1, 0.15) is 38.5 Å². The second-order valence-corrected chi connectivity index (χ2v) is 8.51. The highest BCUT2D eigenvalue weighted by atomic mass is 16.5. The molecule has 5 rings (SSSR count). The minimum atomic E-state index is -0.0632. The molecule has 0 N–H and O–H groups in total. The standard InChI is InChI=1S/C24H28N4O2/c1-27-23(26-22-16-25-13-10-21(22)24(27)29)17-6-8-19(9-7-17)30-20-11-14-28(15-12-20)18-4-2-3-5-18/h6-10,13,16,18,20H,2-5,11-12,14-15H2,1H3. The first kappa shape index (κ1) is 19.2. The van der Waals surface area contributed by atoms with Gasteiger partial charge in [-0.1, -0.05) is 12.8 Å². The second kappa shape index (κ2) is 8.19. The zero-order valence-electron chi connectivity index (χ0n) is 17.5. The largest absolute Gasteiger partial charge is 0.490 e. The van der Waals surface area contributed by atoms with E-state index in [2.05, 4.69) is 14.9 Å². The second-order valence-electron chi connectivity index (χ2n) is 8.51.